The molecular weight excluding hydrogens is 348 g/mol. The van der Waals surface area contributed by atoms with Gasteiger partial charge in [0.2, 0.25) is 0 Å². The van der Waals surface area contributed by atoms with E-state index in [4.69, 9.17) is 14.6 Å². The van der Waals surface area contributed by atoms with Gasteiger partial charge in [0.25, 0.3) is 5.91 Å². The molecule has 0 atom stereocenters. The van der Waals surface area contributed by atoms with Gasteiger partial charge in [0.05, 0.1) is 19.4 Å². The van der Waals surface area contributed by atoms with Crippen LogP contribution in [0.4, 0.5) is 0 Å². The van der Waals surface area contributed by atoms with Gasteiger partial charge in [-0.25, -0.2) is 9.67 Å². The van der Waals surface area contributed by atoms with Crippen molar-refractivity contribution in [2.45, 2.75) is 6.54 Å². The number of aliphatic hydroxyl groups is 1. The maximum absolute atomic E-state index is 12.5. The summed E-state index contributed by atoms with van der Waals surface area (Å²) in [5.74, 6) is 0.672. The molecule has 140 valence electrons. The Morgan fingerprint density at radius 2 is 2.11 bits per heavy atom. The molecule has 0 unspecified atom stereocenters. The number of benzene rings is 2. The lowest BCUT2D eigenvalue weighted by atomic mass is 10.1. The molecule has 0 spiro atoms. The molecule has 1 aromatic heterocycles. The summed E-state index contributed by atoms with van der Waals surface area (Å²) in [6, 6.07) is 12.6. The SMILES string of the molecule is COc1ccc(C(=O)NCc2cccc(-n3cncn3)c2)cc1OCCO. The third kappa shape index (κ3) is 4.62. The number of aliphatic hydroxyl groups excluding tert-OH is 1. The van der Waals surface area contributed by atoms with Gasteiger partial charge in [-0.1, -0.05) is 12.1 Å². The fourth-order valence-electron chi connectivity index (χ4n) is 2.52. The first kappa shape index (κ1) is 18.4. The molecule has 0 aliphatic heterocycles. The van der Waals surface area contributed by atoms with Crippen LogP contribution >= 0.6 is 0 Å². The number of hydrogen-bond acceptors (Lipinski definition) is 6. The van der Waals surface area contributed by atoms with Crippen molar-refractivity contribution in [3.63, 3.8) is 0 Å². The van der Waals surface area contributed by atoms with Crippen LogP contribution in [-0.2, 0) is 6.54 Å². The van der Waals surface area contributed by atoms with Crippen molar-refractivity contribution in [2.24, 2.45) is 0 Å². The van der Waals surface area contributed by atoms with Crippen molar-refractivity contribution < 1.29 is 19.4 Å². The van der Waals surface area contributed by atoms with Crippen LogP contribution < -0.4 is 14.8 Å². The van der Waals surface area contributed by atoms with Crippen LogP contribution in [0, 0.1) is 0 Å². The molecule has 0 radical (unpaired) electrons. The maximum atomic E-state index is 12.5. The number of carbonyl (C=O) groups is 1. The van der Waals surface area contributed by atoms with Gasteiger partial charge in [0, 0.05) is 12.1 Å². The van der Waals surface area contributed by atoms with Crippen LogP contribution in [0.3, 0.4) is 0 Å². The summed E-state index contributed by atoms with van der Waals surface area (Å²) in [6.07, 6.45) is 3.08. The van der Waals surface area contributed by atoms with Gasteiger partial charge < -0.3 is 19.9 Å². The third-order valence-corrected chi connectivity index (χ3v) is 3.82. The van der Waals surface area contributed by atoms with Crippen LogP contribution in [0.5, 0.6) is 11.5 Å². The first-order valence-corrected chi connectivity index (χ1v) is 8.35. The molecule has 3 rings (SSSR count). The van der Waals surface area contributed by atoms with Gasteiger partial charge in [0.1, 0.15) is 19.3 Å². The minimum Gasteiger partial charge on any atom is -0.493 e. The van der Waals surface area contributed by atoms with Crippen molar-refractivity contribution in [1.29, 1.82) is 0 Å². The van der Waals surface area contributed by atoms with Crippen LogP contribution in [0.25, 0.3) is 5.69 Å². The quantitative estimate of drug-likeness (QED) is 0.626. The zero-order chi connectivity index (χ0) is 19.1. The lowest BCUT2D eigenvalue weighted by Gasteiger charge is -2.12. The largest absolute Gasteiger partial charge is 0.493 e. The fraction of sp³-hybridized carbons (Fsp3) is 0.211. The number of hydrogen-bond donors (Lipinski definition) is 2. The number of nitrogens with zero attached hydrogens (tertiary/aromatic N) is 3. The number of rotatable bonds is 8. The summed E-state index contributed by atoms with van der Waals surface area (Å²) in [6.45, 7) is 0.360. The second-order valence-electron chi connectivity index (χ2n) is 5.63. The monoisotopic (exact) mass is 368 g/mol. The number of ether oxygens (including phenoxy) is 2. The Morgan fingerprint density at radius 1 is 1.22 bits per heavy atom. The highest BCUT2D eigenvalue weighted by atomic mass is 16.5. The van der Waals surface area contributed by atoms with Crippen molar-refractivity contribution in [3.05, 3.63) is 66.2 Å². The highest BCUT2D eigenvalue weighted by molar-refractivity contribution is 5.94. The minimum absolute atomic E-state index is 0.122. The van der Waals surface area contributed by atoms with Gasteiger partial charge in [-0.3, -0.25) is 4.79 Å². The zero-order valence-electron chi connectivity index (χ0n) is 14.8. The summed E-state index contributed by atoms with van der Waals surface area (Å²) in [7, 11) is 1.52. The molecule has 8 nitrogen and oxygen atoms in total. The van der Waals surface area contributed by atoms with Gasteiger partial charge in [-0.05, 0) is 35.9 Å². The van der Waals surface area contributed by atoms with E-state index in [0.29, 0.717) is 23.6 Å². The Kier molecular flexibility index (Phi) is 6.01. The Hall–Kier alpha value is -3.39. The van der Waals surface area contributed by atoms with Gasteiger partial charge >= 0.3 is 0 Å². The van der Waals surface area contributed by atoms with Crippen molar-refractivity contribution in [2.75, 3.05) is 20.3 Å². The molecule has 2 aromatic carbocycles. The third-order valence-electron chi connectivity index (χ3n) is 3.82. The van der Waals surface area contributed by atoms with E-state index in [1.165, 1.54) is 13.4 Å². The van der Waals surface area contributed by atoms with Crippen LogP contribution in [0.15, 0.2) is 55.1 Å². The maximum Gasteiger partial charge on any atom is 0.251 e. The molecule has 3 aromatic rings. The molecule has 0 bridgehead atoms. The second-order valence-corrected chi connectivity index (χ2v) is 5.63. The van der Waals surface area contributed by atoms with E-state index >= 15 is 0 Å². The summed E-state index contributed by atoms with van der Waals surface area (Å²) >= 11 is 0. The molecule has 27 heavy (non-hydrogen) atoms. The zero-order valence-corrected chi connectivity index (χ0v) is 14.8. The van der Waals surface area contributed by atoms with E-state index in [0.717, 1.165) is 11.3 Å². The fourth-order valence-corrected chi connectivity index (χ4v) is 2.52. The average molecular weight is 368 g/mol. The van der Waals surface area contributed by atoms with Crippen molar-refractivity contribution in [3.8, 4) is 17.2 Å². The molecule has 1 heterocycles. The lowest BCUT2D eigenvalue weighted by Crippen LogP contribution is -2.23. The first-order valence-electron chi connectivity index (χ1n) is 8.35. The molecular formula is C19H20N4O4. The standard InChI is InChI=1S/C19H20N4O4/c1-26-17-6-5-15(10-18(17)27-8-7-24)19(25)21-11-14-3-2-4-16(9-14)23-13-20-12-22-23/h2-6,9-10,12-13,24H,7-8,11H2,1H3,(H,21,25). The van der Waals surface area contributed by atoms with E-state index in [2.05, 4.69) is 15.4 Å². The van der Waals surface area contributed by atoms with Gasteiger partial charge in [-0.15, -0.1) is 0 Å². The smallest absolute Gasteiger partial charge is 0.251 e. The molecule has 0 fully saturated rings. The van der Waals surface area contributed by atoms with E-state index < -0.39 is 0 Å². The summed E-state index contributed by atoms with van der Waals surface area (Å²) in [5, 5.41) is 15.9. The summed E-state index contributed by atoms with van der Waals surface area (Å²) in [5.41, 5.74) is 2.24. The highest BCUT2D eigenvalue weighted by Crippen LogP contribution is 2.28. The Labute approximate surface area is 156 Å². The number of nitrogens with one attached hydrogen (secondary N) is 1. The molecule has 2 N–H and O–H groups in total. The van der Waals surface area contributed by atoms with Crippen LogP contribution in [-0.4, -0.2) is 46.1 Å². The molecule has 1 amide bonds. The normalized spacial score (nSPS) is 10.4. The molecule has 0 aliphatic carbocycles. The minimum atomic E-state index is -0.238. The first-order chi connectivity index (χ1) is 13.2. The molecule has 0 saturated heterocycles. The van der Waals surface area contributed by atoms with Crippen LogP contribution in [0.2, 0.25) is 0 Å². The number of aromatic nitrogens is 3. The predicted molar refractivity (Wildman–Crippen MR) is 98.1 cm³/mol. The number of amides is 1. The van der Waals surface area contributed by atoms with E-state index in [-0.39, 0.29) is 19.1 Å². The van der Waals surface area contributed by atoms with Crippen molar-refractivity contribution in [1.82, 2.24) is 20.1 Å². The molecule has 8 heteroatoms. The van der Waals surface area contributed by atoms with Gasteiger partial charge in [0.15, 0.2) is 11.5 Å². The highest BCUT2D eigenvalue weighted by Gasteiger charge is 2.11. The van der Waals surface area contributed by atoms with Crippen molar-refractivity contribution >= 4 is 5.91 Å². The second kappa shape index (κ2) is 8.81. The predicted octanol–water partition coefficient (Wildman–Crippen LogP) is 1.58. The Balaban J connectivity index is 1.68. The average Bonchev–Trinajstić information content (AvgIpc) is 3.25. The summed E-state index contributed by atoms with van der Waals surface area (Å²) < 4.78 is 12.3. The lowest BCUT2D eigenvalue weighted by molar-refractivity contribution is 0.0950. The van der Waals surface area contributed by atoms with Gasteiger partial charge in [-0.2, -0.15) is 5.10 Å². The summed E-state index contributed by atoms with van der Waals surface area (Å²) in [4.78, 5) is 16.4. The Bertz CT molecular complexity index is 896. The Morgan fingerprint density at radius 3 is 2.85 bits per heavy atom. The van der Waals surface area contributed by atoms with E-state index in [1.807, 2.05) is 24.3 Å². The van der Waals surface area contributed by atoms with Crippen LogP contribution in [0.1, 0.15) is 15.9 Å². The number of methoxy groups -OCH3 is 1. The molecule has 0 aliphatic rings. The van der Waals surface area contributed by atoms with E-state index in [1.54, 1.807) is 29.2 Å². The molecule has 0 saturated carbocycles. The van der Waals surface area contributed by atoms with E-state index in [9.17, 15) is 4.79 Å². The topological polar surface area (TPSA) is 98.5 Å². The number of carbonyl (C=O) groups excluding carboxylic acids is 1.